The van der Waals surface area contributed by atoms with Gasteiger partial charge in [-0.2, -0.15) is 0 Å². The Kier molecular flexibility index (Phi) is 5.36. The van der Waals surface area contributed by atoms with Crippen LogP contribution in [0.15, 0.2) is 24.3 Å². The van der Waals surface area contributed by atoms with Crippen molar-refractivity contribution in [2.45, 2.75) is 32.8 Å². The van der Waals surface area contributed by atoms with Gasteiger partial charge in [-0.3, -0.25) is 4.79 Å². The number of carbonyl (C=O) groups excluding carboxylic acids is 1. The highest BCUT2D eigenvalue weighted by Crippen LogP contribution is 2.33. The number of esters is 1. The molecule has 1 rings (SSSR count). The summed E-state index contributed by atoms with van der Waals surface area (Å²) in [6.07, 6.45) is 0.512. The van der Waals surface area contributed by atoms with Crippen LogP contribution < -0.4 is 4.74 Å². The topological polar surface area (TPSA) is 55.8 Å². The molecule has 0 heterocycles. The van der Waals surface area contributed by atoms with E-state index in [4.69, 9.17) is 9.47 Å². The first-order valence-electron chi connectivity index (χ1n) is 6.50. The van der Waals surface area contributed by atoms with E-state index in [2.05, 4.69) is 0 Å². The monoisotopic (exact) mass is 266 g/mol. The first kappa shape index (κ1) is 15.5. The second kappa shape index (κ2) is 6.57. The second-order valence-corrected chi connectivity index (χ2v) is 4.59. The van der Waals surface area contributed by atoms with E-state index in [9.17, 15) is 9.90 Å². The summed E-state index contributed by atoms with van der Waals surface area (Å²) in [5.41, 5.74) is -0.582. The Labute approximate surface area is 114 Å². The average Bonchev–Trinajstić information content (AvgIpc) is 2.39. The predicted molar refractivity (Wildman–Crippen MR) is 73.0 cm³/mol. The van der Waals surface area contributed by atoms with Crippen LogP contribution >= 0.6 is 0 Å². The molecule has 4 heteroatoms. The largest absolute Gasteiger partial charge is 0.497 e. The Hall–Kier alpha value is -1.55. The molecule has 2 atom stereocenters. The highest BCUT2D eigenvalue weighted by atomic mass is 16.5. The normalized spacial score (nSPS) is 15.4. The molecule has 0 aliphatic heterocycles. The number of aliphatic hydroxyl groups is 1. The minimum absolute atomic E-state index is 0.314. The van der Waals surface area contributed by atoms with Gasteiger partial charge in [0, 0.05) is 0 Å². The Morgan fingerprint density at radius 1 is 1.32 bits per heavy atom. The summed E-state index contributed by atoms with van der Waals surface area (Å²) in [6, 6.07) is 7.06. The number of hydrogen-bond acceptors (Lipinski definition) is 4. The molecule has 0 fully saturated rings. The average molecular weight is 266 g/mol. The highest BCUT2D eigenvalue weighted by molar-refractivity contribution is 5.74. The Morgan fingerprint density at radius 2 is 1.89 bits per heavy atom. The van der Waals surface area contributed by atoms with E-state index in [0.29, 0.717) is 24.3 Å². The van der Waals surface area contributed by atoms with Crippen LogP contribution in [-0.2, 0) is 15.1 Å². The Bertz CT molecular complexity index is 409. The van der Waals surface area contributed by atoms with Gasteiger partial charge in [0.2, 0.25) is 0 Å². The third-order valence-corrected chi connectivity index (χ3v) is 3.33. The second-order valence-electron chi connectivity index (χ2n) is 4.59. The lowest BCUT2D eigenvalue weighted by Crippen LogP contribution is -2.38. The molecule has 1 aromatic carbocycles. The number of hydrogen-bond donors (Lipinski definition) is 1. The van der Waals surface area contributed by atoms with E-state index in [-0.39, 0.29) is 5.97 Å². The molecule has 0 amide bonds. The third kappa shape index (κ3) is 3.47. The van der Waals surface area contributed by atoms with E-state index >= 15 is 0 Å². The fraction of sp³-hybridized carbons (Fsp3) is 0.533. The third-order valence-electron chi connectivity index (χ3n) is 3.33. The minimum Gasteiger partial charge on any atom is -0.497 e. The molecule has 0 radical (unpaired) electrons. The van der Waals surface area contributed by atoms with E-state index in [0.717, 1.165) is 0 Å². The van der Waals surface area contributed by atoms with Crippen molar-refractivity contribution in [1.82, 2.24) is 0 Å². The van der Waals surface area contributed by atoms with Crippen LogP contribution in [0.25, 0.3) is 0 Å². The molecule has 0 aliphatic carbocycles. The lowest BCUT2D eigenvalue weighted by Gasteiger charge is -2.31. The summed E-state index contributed by atoms with van der Waals surface area (Å²) in [6.45, 7) is 5.57. The van der Waals surface area contributed by atoms with Gasteiger partial charge in [0.15, 0.2) is 0 Å². The first-order valence-corrected chi connectivity index (χ1v) is 6.50. The first-order chi connectivity index (χ1) is 8.97. The summed E-state index contributed by atoms with van der Waals surface area (Å²) >= 11 is 0. The van der Waals surface area contributed by atoms with Crippen LogP contribution in [0, 0.1) is 5.92 Å². The van der Waals surface area contributed by atoms with E-state index in [1.54, 1.807) is 45.2 Å². The summed E-state index contributed by atoms with van der Waals surface area (Å²) in [4.78, 5) is 11.9. The number of methoxy groups -OCH3 is 1. The van der Waals surface area contributed by atoms with Gasteiger partial charge < -0.3 is 14.6 Å². The van der Waals surface area contributed by atoms with Gasteiger partial charge in [-0.1, -0.05) is 19.1 Å². The molecular formula is C15H22O4. The van der Waals surface area contributed by atoms with Gasteiger partial charge in [-0.25, -0.2) is 0 Å². The summed E-state index contributed by atoms with van der Waals surface area (Å²) in [5, 5.41) is 10.7. The molecule has 0 spiro atoms. The number of rotatable bonds is 6. The van der Waals surface area contributed by atoms with E-state index in [1.807, 2.05) is 6.92 Å². The molecular weight excluding hydrogens is 244 g/mol. The maximum Gasteiger partial charge on any atom is 0.312 e. The zero-order valence-corrected chi connectivity index (χ0v) is 12.0. The molecule has 4 nitrogen and oxygen atoms in total. The van der Waals surface area contributed by atoms with Crippen LogP contribution in [-0.4, -0.2) is 24.8 Å². The molecule has 106 valence electrons. The smallest absolute Gasteiger partial charge is 0.312 e. The fourth-order valence-corrected chi connectivity index (χ4v) is 2.17. The zero-order chi connectivity index (χ0) is 14.5. The van der Waals surface area contributed by atoms with Crippen LogP contribution in [0.5, 0.6) is 5.75 Å². The zero-order valence-electron chi connectivity index (χ0n) is 12.0. The molecule has 1 aromatic rings. The quantitative estimate of drug-likeness (QED) is 0.804. The van der Waals surface area contributed by atoms with Gasteiger partial charge >= 0.3 is 5.97 Å². The maximum atomic E-state index is 11.9. The molecule has 0 saturated carbocycles. The summed E-state index contributed by atoms with van der Waals surface area (Å²) in [5.74, 6) is -0.240. The van der Waals surface area contributed by atoms with Crippen molar-refractivity contribution in [2.75, 3.05) is 13.7 Å². The van der Waals surface area contributed by atoms with Crippen LogP contribution in [0.4, 0.5) is 0 Å². The van der Waals surface area contributed by atoms with Gasteiger partial charge in [-0.15, -0.1) is 0 Å². The molecule has 0 aromatic heterocycles. The van der Waals surface area contributed by atoms with Crippen molar-refractivity contribution in [3.63, 3.8) is 0 Å². The van der Waals surface area contributed by atoms with Crippen LogP contribution in [0.1, 0.15) is 32.8 Å². The molecule has 19 heavy (non-hydrogen) atoms. The predicted octanol–water partition coefficient (Wildman–Crippen LogP) is 2.49. The standard InChI is InChI=1S/C15H22O4/c1-5-13(14(16)19-6-2)15(3,17)11-7-9-12(18-4)10-8-11/h7-10,13,17H,5-6H2,1-4H3. The van der Waals surface area contributed by atoms with E-state index in [1.165, 1.54) is 0 Å². The number of benzene rings is 1. The van der Waals surface area contributed by atoms with Crippen molar-refractivity contribution >= 4 is 5.97 Å². The van der Waals surface area contributed by atoms with Gasteiger partial charge in [0.25, 0.3) is 0 Å². The Balaban J connectivity index is 3.01. The van der Waals surface area contributed by atoms with Crippen molar-refractivity contribution in [2.24, 2.45) is 5.92 Å². The molecule has 2 unspecified atom stereocenters. The van der Waals surface area contributed by atoms with Crippen molar-refractivity contribution in [1.29, 1.82) is 0 Å². The highest BCUT2D eigenvalue weighted by Gasteiger charge is 2.38. The summed E-state index contributed by atoms with van der Waals surface area (Å²) in [7, 11) is 1.58. The fourth-order valence-electron chi connectivity index (χ4n) is 2.17. The maximum absolute atomic E-state index is 11.9. The number of ether oxygens (including phenoxy) is 2. The van der Waals surface area contributed by atoms with Crippen LogP contribution in [0.2, 0.25) is 0 Å². The lowest BCUT2D eigenvalue weighted by atomic mass is 9.81. The van der Waals surface area contributed by atoms with Gasteiger partial charge in [0.1, 0.15) is 11.4 Å². The molecule has 0 bridgehead atoms. The SMILES string of the molecule is CCOC(=O)C(CC)C(C)(O)c1ccc(OC)cc1. The van der Waals surface area contributed by atoms with Crippen molar-refractivity contribution in [3.05, 3.63) is 29.8 Å². The van der Waals surface area contributed by atoms with Crippen molar-refractivity contribution < 1.29 is 19.4 Å². The van der Waals surface area contributed by atoms with Crippen LogP contribution in [0.3, 0.4) is 0 Å². The van der Waals surface area contributed by atoms with Crippen molar-refractivity contribution in [3.8, 4) is 5.75 Å². The Morgan fingerprint density at radius 3 is 2.32 bits per heavy atom. The molecule has 0 aliphatic rings. The lowest BCUT2D eigenvalue weighted by molar-refractivity contribution is -0.158. The van der Waals surface area contributed by atoms with E-state index < -0.39 is 11.5 Å². The molecule has 0 saturated heterocycles. The number of carbonyl (C=O) groups is 1. The van der Waals surface area contributed by atoms with Gasteiger partial charge in [-0.05, 0) is 38.0 Å². The minimum atomic E-state index is -1.26. The molecule has 1 N–H and O–H groups in total. The summed E-state index contributed by atoms with van der Waals surface area (Å²) < 4.78 is 10.1. The van der Waals surface area contributed by atoms with Gasteiger partial charge in [0.05, 0.1) is 19.6 Å².